The zero-order valence-electron chi connectivity index (χ0n) is 24.0. The fourth-order valence-corrected chi connectivity index (χ4v) is 5.45. The molecule has 7 heteroatoms. The van der Waals surface area contributed by atoms with Crippen molar-refractivity contribution in [1.29, 1.82) is 0 Å². The Kier molecular flexibility index (Phi) is 9.35. The van der Waals surface area contributed by atoms with Crippen LogP contribution in [-0.4, -0.2) is 56.5 Å². The maximum Gasteiger partial charge on any atom is 0.338 e. The van der Waals surface area contributed by atoms with E-state index in [4.69, 9.17) is 23.7 Å². The molecule has 7 nitrogen and oxygen atoms in total. The summed E-state index contributed by atoms with van der Waals surface area (Å²) in [5, 5.41) is 11.3. The smallest absolute Gasteiger partial charge is 0.338 e. The minimum absolute atomic E-state index is 0.118. The highest BCUT2D eigenvalue weighted by atomic mass is 16.7. The second kappa shape index (κ2) is 13.3. The first-order chi connectivity index (χ1) is 20.5. The molecular formula is C35H36O7. The van der Waals surface area contributed by atoms with Crippen molar-refractivity contribution in [3.05, 3.63) is 138 Å². The van der Waals surface area contributed by atoms with Gasteiger partial charge in [0.15, 0.2) is 12.4 Å². The van der Waals surface area contributed by atoms with Gasteiger partial charge in [0.2, 0.25) is 0 Å². The predicted octanol–water partition coefficient (Wildman–Crippen LogP) is 5.60. The van der Waals surface area contributed by atoms with Crippen LogP contribution in [0.25, 0.3) is 0 Å². The Morgan fingerprint density at radius 3 is 1.83 bits per heavy atom. The Labute approximate surface area is 246 Å². The van der Waals surface area contributed by atoms with Gasteiger partial charge in [-0.3, -0.25) is 0 Å². The van der Waals surface area contributed by atoms with Crippen molar-refractivity contribution in [3.8, 4) is 5.75 Å². The predicted molar refractivity (Wildman–Crippen MR) is 158 cm³/mol. The van der Waals surface area contributed by atoms with Crippen LogP contribution in [0.4, 0.5) is 0 Å². The van der Waals surface area contributed by atoms with E-state index in [2.05, 4.69) is 0 Å². The molecule has 0 aromatic heterocycles. The number of carbonyl (C=O) groups excluding carboxylic acids is 1. The monoisotopic (exact) mass is 568 g/mol. The molecule has 5 rings (SSSR count). The van der Waals surface area contributed by atoms with Crippen LogP contribution in [-0.2, 0) is 24.5 Å². The number of hydrogen-bond acceptors (Lipinski definition) is 7. The highest BCUT2D eigenvalue weighted by Gasteiger charge is 2.47. The van der Waals surface area contributed by atoms with E-state index in [9.17, 15) is 9.90 Å². The third-order valence-corrected chi connectivity index (χ3v) is 7.85. The first-order valence-electron chi connectivity index (χ1n) is 14.0. The van der Waals surface area contributed by atoms with Crippen LogP contribution in [0.5, 0.6) is 5.75 Å². The van der Waals surface area contributed by atoms with E-state index in [1.54, 1.807) is 31.4 Å². The largest absolute Gasteiger partial charge is 0.497 e. The summed E-state index contributed by atoms with van der Waals surface area (Å²) < 4.78 is 30.0. The van der Waals surface area contributed by atoms with Crippen molar-refractivity contribution in [2.24, 2.45) is 5.92 Å². The molecule has 5 atom stereocenters. The highest BCUT2D eigenvalue weighted by Crippen LogP contribution is 2.42. The number of ether oxygens (including phenoxy) is 5. The van der Waals surface area contributed by atoms with E-state index in [0.717, 1.165) is 22.4 Å². The molecular weight excluding hydrogens is 532 g/mol. The van der Waals surface area contributed by atoms with E-state index < -0.39 is 42.1 Å². The molecule has 218 valence electrons. The van der Waals surface area contributed by atoms with Gasteiger partial charge in [0.25, 0.3) is 0 Å². The van der Waals surface area contributed by atoms with Gasteiger partial charge in [0.05, 0.1) is 25.4 Å². The average molecular weight is 569 g/mol. The van der Waals surface area contributed by atoms with Crippen LogP contribution < -0.4 is 4.74 Å². The molecule has 5 unspecified atom stereocenters. The molecule has 1 saturated heterocycles. The van der Waals surface area contributed by atoms with Crippen molar-refractivity contribution < 1.29 is 33.6 Å². The van der Waals surface area contributed by atoms with Gasteiger partial charge in [0, 0.05) is 13.0 Å². The van der Waals surface area contributed by atoms with E-state index in [0.29, 0.717) is 5.56 Å². The maximum atomic E-state index is 12.8. The summed E-state index contributed by atoms with van der Waals surface area (Å²) in [7, 11) is 3.10. The number of rotatable bonds is 10. The summed E-state index contributed by atoms with van der Waals surface area (Å²) in [5.74, 6) is -0.260. The van der Waals surface area contributed by atoms with Crippen LogP contribution in [0.3, 0.4) is 0 Å². The van der Waals surface area contributed by atoms with Crippen LogP contribution in [0.15, 0.2) is 115 Å². The molecule has 0 bridgehead atoms. The van der Waals surface area contributed by atoms with Gasteiger partial charge in [-0.05, 0) is 41.0 Å². The van der Waals surface area contributed by atoms with Crippen molar-refractivity contribution in [2.75, 3.05) is 20.8 Å². The maximum absolute atomic E-state index is 12.8. The van der Waals surface area contributed by atoms with Gasteiger partial charge in [-0.1, -0.05) is 97.9 Å². The Bertz CT molecular complexity index is 1370. The van der Waals surface area contributed by atoms with Crippen LogP contribution in [0.2, 0.25) is 0 Å². The number of aliphatic hydroxyl groups is 1. The van der Waals surface area contributed by atoms with Crippen molar-refractivity contribution in [3.63, 3.8) is 0 Å². The first-order valence-corrected chi connectivity index (χ1v) is 14.0. The second-order valence-electron chi connectivity index (χ2n) is 10.3. The molecule has 1 aliphatic heterocycles. The van der Waals surface area contributed by atoms with Crippen LogP contribution >= 0.6 is 0 Å². The van der Waals surface area contributed by atoms with Gasteiger partial charge in [-0.15, -0.1) is 0 Å². The highest BCUT2D eigenvalue weighted by molar-refractivity contribution is 5.89. The zero-order valence-corrected chi connectivity index (χ0v) is 24.0. The Hall–Kier alpha value is -4.01. The SMILES string of the molecule is COc1ccc(C(OCC2OC(OC)C(OC(=O)c3ccccc3)C(O)C2C)(c2ccccc2)c2ccccc2)cc1. The molecule has 4 aromatic carbocycles. The lowest BCUT2D eigenvalue weighted by atomic mass is 9.80. The van der Waals surface area contributed by atoms with E-state index in [1.165, 1.54) is 7.11 Å². The zero-order chi connectivity index (χ0) is 29.5. The fourth-order valence-electron chi connectivity index (χ4n) is 5.45. The number of carbonyl (C=O) groups is 1. The Morgan fingerprint density at radius 2 is 1.31 bits per heavy atom. The molecule has 0 spiro atoms. The van der Waals surface area contributed by atoms with E-state index in [-0.39, 0.29) is 6.61 Å². The lowest BCUT2D eigenvalue weighted by molar-refractivity contribution is -0.284. The fraction of sp³-hybridized carbons (Fsp3) is 0.286. The van der Waals surface area contributed by atoms with Gasteiger partial charge >= 0.3 is 5.97 Å². The third-order valence-electron chi connectivity index (χ3n) is 7.85. The molecule has 0 radical (unpaired) electrons. The Morgan fingerprint density at radius 1 is 0.786 bits per heavy atom. The van der Waals surface area contributed by atoms with Gasteiger partial charge in [-0.25, -0.2) is 4.79 Å². The standard InChI is InChI=1S/C35H36O7/c1-24-30(41-34(39-3)32(31(24)36)42-33(37)25-13-7-4-8-14-25)23-40-35(26-15-9-5-10-16-26,27-17-11-6-12-18-27)28-19-21-29(38-2)22-20-28/h4-22,24,30-32,34,36H,23H2,1-3H3. The van der Waals surface area contributed by atoms with E-state index in [1.807, 2.05) is 97.9 Å². The number of esters is 1. The van der Waals surface area contributed by atoms with Gasteiger partial charge < -0.3 is 28.8 Å². The summed E-state index contributed by atoms with van der Waals surface area (Å²) in [5.41, 5.74) is 2.16. The normalized spacial score (nSPS) is 22.3. The molecule has 0 aliphatic carbocycles. The van der Waals surface area contributed by atoms with Crippen molar-refractivity contribution in [2.45, 2.75) is 37.1 Å². The summed E-state index contributed by atoms with van der Waals surface area (Å²) in [6.07, 6.45) is -3.61. The molecule has 42 heavy (non-hydrogen) atoms. The molecule has 0 amide bonds. The molecule has 4 aromatic rings. The average Bonchev–Trinajstić information content (AvgIpc) is 3.06. The van der Waals surface area contributed by atoms with Crippen molar-refractivity contribution >= 4 is 5.97 Å². The summed E-state index contributed by atoms with van der Waals surface area (Å²) in [6, 6.07) is 36.5. The third kappa shape index (κ3) is 5.96. The van der Waals surface area contributed by atoms with Crippen LogP contribution in [0.1, 0.15) is 34.0 Å². The lowest BCUT2D eigenvalue weighted by Crippen LogP contribution is -2.57. The molecule has 1 aliphatic rings. The van der Waals surface area contributed by atoms with Gasteiger partial charge in [-0.2, -0.15) is 0 Å². The summed E-state index contributed by atoms with van der Waals surface area (Å²) >= 11 is 0. The number of methoxy groups -OCH3 is 2. The lowest BCUT2D eigenvalue weighted by Gasteiger charge is -2.44. The molecule has 1 N–H and O–H groups in total. The molecule has 1 heterocycles. The Balaban J connectivity index is 1.45. The molecule has 1 fully saturated rings. The molecule has 0 saturated carbocycles. The van der Waals surface area contributed by atoms with E-state index >= 15 is 0 Å². The number of aliphatic hydroxyl groups excluding tert-OH is 1. The topological polar surface area (TPSA) is 83.5 Å². The second-order valence-corrected chi connectivity index (χ2v) is 10.3. The minimum atomic E-state index is -1.05. The quantitative estimate of drug-likeness (QED) is 0.197. The number of hydrogen-bond donors (Lipinski definition) is 1. The minimum Gasteiger partial charge on any atom is -0.497 e. The first kappa shape index (κ1) is 29.5. The number of benzene rings is 4. The van der Waals surface area contributed by atoms with Crippen molar-refractivity contribution in [1.82, 2.24) is 0 Å². The summed E-state index contributed by atoms with van der Waals surface area (Å²) in [6.45, 7) is 1.97. The summed E-state index contributed by atoms with van der Waals surface area (Å²) in [4.78, 5) is 12.8. The van der Waals surface area contributed by atoms with Crippen LogP contribution in [0, 0.1) is 5.92 Å². The van der Waals surface area contributed by atoms with Gasteiger partial charge in [0.1, 0.15) is 17.5 Å².